The third-order valence-electron chi connectivity index (χ3n) is 10.5. The molecule has 6 aromatic carbocycles. The molecule has 0 bridgehead atoms. The smallest absolute Gasteiger partial charge is 0.138 e. The highest BCUT2D eigenvalue weighted by Gasteiger charge is 2.28. The first-order valence-corrected chi connectivity index (χ1v) is 17.3. The highest BCUT2D eigenvalue weighted by molar-refractivity contribution is 6.09. The van der Waals surface area contributed by atoms with Crippen LogP contribution < -0.4 is 9.80 Å². The largest absolute Gasteiger partial charge is 0.355 e. The summed E-state index contributed by atoms with van der Waals surface area (Å²) in [5, 5.41) is 2.45. The van der Waals surface area contributed by atoms with Gasteiger partial charge in [0.2, 0.25) is 0 Å². The van der Waals surface area contributed by atoms with E-state index in [0.717, 1.165) is 29.1 Å². The zero-order valence-corrected chi connectivity index (χ0v) is 28.6. The molecular formula is C46H38N4. The SMILES string of the molecule is CN1CN(c2cccc(C(C)(C)c3ccc4c5ccccc5n(-c5cc(-c6ccccc6-c6ccccc6)ccn5)c4c3)c2)c2ccccc21. The molecule has 4 nitrogen and oxygen atoms in total. The Morgan fingerprint density at radius 1 is 0.540 bits per heavy atom. The van der Waals surface area contributed by atoms with Gasteiger partial charge in [0, 0.05) is 35.1 Å². The summed E-state index contributed by atoms with van der Waals surface area (Å²) in [5.74, 6) is 0.908. The Morgan fingerprint density at radius 3 is 2.06 bits per heavy atom. The molecule has 0 fully saturated rings. The van der Waals surface area contributed by atoms with Gasteiger partial charge in [0.15, 0.2) is 0 Å². The minimum absolute atomic E-state index is 0.249. The molecule has 0 saturated heterocycles. The fraction of sp³-hybridized carbons (Fsp3) is 0.109. The van der Waals surface area contributed by atoms with E-state index in [0.29, 0.717) is 0 Å². The number of aromatic nitrogens is 2. The van der Waals surface area contributed by atoms with E-state index < -0.39 is 0 Å². The predicted octanol–water partition coefficient (Wildman–Crippen LogP) is 11.4. The summed E-state index contributed by atoms with van der Waals surface area (Å²) in [5.41, 5.74) is 13.1. The van der Waals surface area contributed by atoms with E-state index >= 15 is 0 Å². The van der Waals surface area contributed by atoms with Gasteiger partial charge in [0.05, 0.1) is 29.1 Å². The van der Waals surface area contributed by atoms with E-state index in [1.54, 1.807) is 0 Å². The Kier molecular flexibility index (Phi) is 7.06. The van der Waals surface area contributed by atoms with Gasteiger partial charge in [-0.05, 0) is 81.9 Å². The first-order valence-electron chi connectivity index (χ1n) is 17.3. The predicted molar refractivity (Wildman–Crippen MR) is 210 cm³/mol. The maximum absolute atomic E-state index is 4.99. The van der Waals surface area contributed by atoms with Gasteiger partial charge in [-0.2, -0.15) is 0 Å². The summed E-state index contributed by atoms with van der Waals surface area (Å²) in [6.07, 6.45) is 1.94. The molecular weight excluding hydrogens is 609 g/mol. The van der Waals surface area contributed by atoms with E-state index in [4.69, 9.17) is 4.98 Å². The third-order valence-corrected chi connectivity index (χ3v) is 10.5. The molecule has 0 N–H and O–H groups in total. The Labute approximate surface area is 293 Å². The standard InChI is InChI=1S/C46H38N4/c1-46(2,34-16-13-17-36(29-34)49-31-48(3)42-22-11-12-23-43(42)49)35-24-25-40-39-20-9-10-21-41(39)50(44(40)30-35)45-28-33(26-27-47-45)38-19-8-7-18-37(38)32-14-5-4-6-15-32/h4-30H,31H2,1-3H3. The Hall–Kier alpha value is -6.13. The van der Waals surface area contributed by atoms with E-state index in [-0.39, 0.29) is 5.41 Å². The molecule has 0 saturated carbocycles. The van der Waals surface area contributed by atoms with Gasteiger partial charge in [0.1, 0.15) is 5.82 Å². The summed E-state index contributed by atoms with van der Waals surface area (Å²) >= 11 is 0. The molecule has 1 aliphatic heterocycles. The van der Waals surface area contributed by atoms with Crippen LogP contribution in [0.15, 0.2) is 164 Å². The van der Waals surface area contributed by atoms with Crippen LogP contribution in [0.5, 0.6) is 0 Å². The maximum Gasteiger partial charge on any atom is 0.138 e. The monoisotopic (exact) mass is 646 g/mol. The fourth-order valence-electron chi connectivity index (χ4n) is 7.75. The fourth-order valence-corrected chi connectivity index (χ4v) is 7.75. The number of fused-ring (bicyclic) bond motifs is 4. The molecule has 0 atom stereocenters. The molecule has 0 amide bonds. The van der Waals surface area contributed by atoms with Crippen LogP contribution in [0.1, 0.15) is 25.0 Å². The second kappa shape index (κ2) is 11.8. The highest BCUT2D eigenvalue weighted by atomic mass is 15.4. The summed E-state index contributed by atoms with van der Waals surface area (Å²) < 4.78 is 2.34. The highest BCUT2D eigenvalue weighted by Crippen LogP contribution is 2.43. The van der Waals surface area contributed by atoms with Gasteiger partial charge < -0.3 is 9.80 Å². The number of para-hydroxylation sites is 3. The van der Waals surface area contributed by atoms with Crippen LogP contribution in [0.2, 0.25) is 0 Å². The van der Waals surface area contributed by atoms with Crippen LogP contribution in [0.3, 0.4) is 0 Å². The van der Waals surface area contributed by atoms with Crippen molar-refractivity contribution in [1.82, 2.24) is 9.55 Å². The van der Waals surface area contributed by atoms with Gasteiger partial charge >= 0.3 is 0 Å². The zero-order valence-electron chi connectivity index (χ0n) is 28.6. The molecule has 1 aliphatic rings. The first kappa shape index (κ1) is 30.0. The lowest BCUT2D eigenvalue weighted by molar-refractivity contribution is 0.641. The molecule has 3 heterocycles. The van der Waals surface area contributed by atoms with Gasteiger partial charge in [-0.1, -0.05) is 123 Å². The van der Waals surface area contributed by atoms with Crippen molar-refractivity contribution < 1.29 is 0 Å². The van der Waals surface area contributed by atoms with Gasteiger partial charge in [-0.15, -0.1) is 0 Å². The van der Waals surface area contributed by atoms with Crippen molar-refractivity contribution in [3.05, 3.63) is 175 Å². The van der Waals surface area contributed by atoms with E-state index in [1.807, 2.05) is 6.20 Å². The van der Waals surface area contributed by atoms with Gasteiger partial charge in [-0.25, -0.2) is 4.98 Å². The van der Waals surface area contributed by atoms with Crippen molar-refractivity contribution in [2.24, 2.45) is 0 Å². The van der Waals surface area contributed by atoms with Crippen molar-refractivity contribution in [2.75, 3.05) is 23.5 Å². The number of rotatable bonds is 6. The molecule has 0 unspecified atom stereocenters. The van der Waals surface area contributed by atoms with Crippen LogP contribution in [0, 0.1) is 0 Å². The topological polar surface area (TPSA) is 24.3 Å². The van der Waals surface area contributed by atoms with E-state index in [9.17, 15) is 0 Å². The molecule has 0 spiro atoms. The van der Waals surface area contributed by atoms with Crippen LogP contribution in [0.25, 0.3) is 49.9 Å². The lowest BCUT2D eigenvalue weighted by Crippen LogP contribution is -2.25. The summed E-state index contributed by atoms with van der Waals surface area (Å²) in [6, 6.07) is 57.0. The summed E-state index contributed by atoms with van der Waals surface area (Å²) in [4.78, 5) is 9.71. The number of benzene rings is 6. The van der Waals surface area contributed by atoms with E-state index in [1.165, 1.54) is 55.7 Å². The summed E-state index contributed by atoms with van der Waals surface area (Å²) in [7, 11) is 2.16. The molecule has 9 rings (SSSR count). The Balaban J connectivity index is 1.16. The molecule has 4 heteroatoms. The number of hydrogen-bond donors (Lipinski definition) is 0. The van der Waals surface area contributed by atoms with Gasteiger partial charge in [0.25, 0.3) is 0 Å². The van der Waals surface area contributed by atoms with Crippen molar-refractivity contribution in [2.45, 2.75) is 19.3 Å². The lowest BCUT2D eigenvalue weighted by Gasteiger charge is -2.28. The second-order valence-corrected chi connectivity index (χ2v) is 13.8. The first-order chi connectivity index (χ1) is 24.5. The average Bonchev–Trinajstić information content (AvgIpc) is 3.69. The van der Waals surface area contributed by atoms with Crippen LogP contribution in [-0.4, -0.2) is 23.3 Å². The zero-order chi connectivity index (χ0) is 33.8. The summed E-state index contributed by atoms with van der Waals surface area (Å²) in [6.45, 7) is 5.50. The second-order valence-electron chi connectivity index (χ2n) is 13.8. The molecule has 0 aliphatic carbocycles. The molecule has 8 aromatic rings. The number of nitrogens with zero attached hydrogens (tertiary/aromatic N) is 4. The van der Waals surface area contributed by atoms with Crippen molar-refractivity contribution >= 4 is 38.9 Å². The maximum atomic E-state index is 4.99. The Bertz CT molecular complexity index is 2530. The molecule has 242 valence electrons. The van der Waals surface area contributed by atoms with Crippen LogP contribution in [0.4, 0.5) is 17.1 Å². The quantitative estimate of drug-likeness (QED) is 0.180. The third kappa shape index (κ3) is 4.87. The number of anilines is 3. The van der Waals surface area contributed by atoms with Crippen molar-refractivity contribution in [1.29, 1.82) is 0 Å². The number of pyridine rings is 1. The Morgan fingerprint density at radius 2 is 1.22 bits per heavy atom. The number of hydrogen-bond acceptors (Lipinski definition) is 3. The van der Waals surface area contributed by atoms with Crippen molar-refractivity contribution in [3.63, 3.8) is 0 Å². The normalized spacial score (nSPS) is 12.9. The minimum atomic E-state index is -0.249. The van der Waals surface area contributed by atoms with E-state index in [2.05, 4.69) is 193 Å². The van der Waals surface area contributed by atoms with Crippen molar-refractivity contribution in [3.8, 4) is 28.1 Å². The molecule has 2 aromatic heterocycles. The van der Waals surface area contributed by atoms with Gasteiger partial charge in [-0.3, -0.25) is 4.57 Å². The minimum Gasteiger partial charge on any atom is -0.355 e. The van der Waals surface area contributed by atoms with Crippen LogP contribution in [-0.2, 0) is 5.41 Å². The molecule has 0 radical (unpaired) electrons. The molecule has 50 heavy (non-hydrogen) atoms. The average molecular weight is 647 g/mol. The lowest BCUT2D eigenvalue weighted by atomic mass is 9.77. The van der Waals surface area contributed by atoms with Crippen LogP contribution >= 0.6 is 0 Å².